The van der Waals surface area contributed by atoms with Crippen molar-refractivity contribution in [2.45, 2.75) is 6.92 Å². The summed E-state index contributed by atoms with van der Waals surface area (Å²) in [6.07, 6.45) is 0. The molecule has 51 heavy (non-hydrogen) atoms. The van der Waals surface area contributed by atoms with Gasteiger partial charge in [-0.1, -0.05) is 133 Å². The first-order valence-electron chi connectivity index (χ1n) is 17.5. The second-order valence-corrected chi connectivity index (χ2v) is 13.2. The molecule has 0 atom stereocenters. The fourth-order valence-electron chi connectivity index (χ4n) is 7.36. The van der Waals surface area contributed by atoms with E-state index in [-0.39, 0.29) is 0 Å². The van der Waals surface area contributed by atoms with Gasteiger partial charge >= 0.3 is 0 Å². The van der Waals surface area contributed by atoms with E-state index in [2.05, 4.69) is 205 Å². The first kappa shape index (κ1) is 30.4. The van der Waals surface area contributed by atoms with Crippen molar-refractivity contribution in [2.24, 2.45) is 0 Å². The molecule has 2 nitrogen and oxygen atoms in total. The van der Waals surface area contributed by atoms with Crippen LogP contribution in [0.2, 0.25) is 0 Å². The third-order valence-corrected chi connectivity index (χ3v) is 9.90. The number of hydrogen-bond acceptors (Lipinski definition) is 1. The third kappa shape index (κ3) is 5.77. The maximum absolute atomic E-state index is 3.65. The minimum Gasteiger partial charge on any atom is -0.355 e. The Morgan fingerprint density at radius 3 is 1.67 bits per heavy atom. The summed E-state index contributed by atoms with van der Waals surface area (Å²) in [5.41, 5.74) is 16.5. The van der Waals surface area contributed by atoms with Crippen LogP contribution in [0.25, 0.3) is 72.0 Å². The van der Waals surface area contributed by atoms with Gasteiger partial charge in [-0.05, 0) is 112 Å². The van der Waals surface area contributed by atoms with E-state index >= 15 is 0 Å². The quantitative estimate of drug-likeness (QED) is 0.181. The first-order valence-corrected chi connectivity index (χ1v) is 17.5. The SMILES string of the molecule is Cc1ccc(-c2ccc3c(c2)c2ccccc2n3-c2cc(-c3ccccc3)cc(-c3ccccc3)c2)cc1-c1ccccc1Nc1ccccc1. The number of nitrogens with one attached hydrogen (secondary N) is 1. The van der Waals surface area contributed by atoms with Crippen LogP contribution >= 0.6 is 0 Å². The molecule has 1 N–H and O–H groups in total. The topological polar surface area (TPSA) is 17.0 Å². The lowest BCUT2D eigenvalue weighted by atomic mass is 9.93. The Bertz CT molecular complexity index is 2600. The van der Waals surface area contributed by atoms with Crippen molar-refractivity contribution in [1.82, 2.24) is 4.57 Å². The van der Waals surface area contributed by atoms with Gasteiger partial charge in [-0.25, -0.2) is 0 Å². The lowest BCUT2D eigenvalue weighted by Gasteiger charge is -2.16. The van der Waals surface area contributed by atoms with Crippen LogP contribution < -0.4 is 5.32 Å². The summed E-state index contributed by atoms with van der Waals surface area (Å²) in [4.78, 5) is 0. The summed E-state index contributed by atoms with van der Waals surface area (Å²) in [7, 11) is 0. The van der Waals surface area contributed by atoms with E-state index in [0.29, 0.717) is 0 Å². The number of fused-ring (bicyclic) bond motifs is 3. The zero-order valence-corrected chi connectivity index (χ0v) is 28.4. The van der Waals surface area contributed by atoms with Gasteiger partial charge in [-0.3, -0.25) is 0 Å². The zero-order chi connectivity index (χ0) is 34.1. The van der Waals surface area contributed by atoms with Crippen LogP contribution in [0, 0.1) is 6.92 Å². The van der Waals surface area contributed by atoms with E-state index in [9.17, 15) is 0 Å². The van der Waals surface area contributed by atoms with Crippen LogP contribution in [0.15, 0.2) is 194 Å². The molecule has 0 radical (unpaired) electrons. The normalized spacial score (nSPS) is 11.2. The van der Waals surface area contributed by atoms with Gasteiger partial charge in [-0.2, -0.15) is 0 Å². The van der Waals surface area contributed by atoms with Gasteiger partial charge in [0.25, 0.3) is 0 Å². The molecule has 1 heterocycles. The van der Waals surface area contributed by atoms with Crippen molar-refractivity contribution in [2.75, 3.05) is 5.32 Å². The van der Waals surface area contributed by atoms with E-state index in [0.717, 1.165) is 17.1 Å². The van der Waals surface area contributed by atoms with Crippen LogP contribution in [0.5, 0.6) is 0 Å². The molecule has 1 aromatic heterocycles. The maximum atomic E-state index is 3.65. The van der Waals surface area contributed by atoms with E-state index in [4.69, 9.17) is 0 Å². The summed E-state index contributed by atoms with van der Waals surface area (Å²) in [6.45, 7) is 2.20. The molecule has 0 bridgehead atoms. The van der Waals surface area contributed by atoms with Crippen LogP contribution in [-0.4, -0.2) is 4.57 Å². The molecule has 0 aliphatic rings. The summed E-state index contributed by atoms with van der Waals surface area (Å²) in [5.74, 6) is 0. The molecule has 0 aliphatic carbocycles. The number of nitrogens with zero attached hydrogens (tertiary/aromatic N) is 1. The van der Waals surface area contributed by atoms with Crippen LogP contribution in [0.1, 0.15) is 5.56 Å². The number of aromatic nitrogens is 1. The van der Waals surface area contributed by atoms with Crippen molar-refractivity contribution in [3.63, 3.8) is 0 Å². The smallest absolute Gasteiger partial charge is 0.0541 e. The van der Waals surface area contributed by atoms with E-state index in [1.54, 1.807) is 0 Å². The second-order valence-electron chi connectivity index (χ2n) is 13.2. The highest BCUT2D eigenvalue weighted by molar-refractivity contribution is 6.10. The largest absolute Gasteiger partial charge is 0.355 e. The van der Waals surface area contributed by atoms with Gasteiger partial charge in [0.05, 0.1) is 11.0 Å². The van der Waals surface area contributed by atoms with Crippen LogP contribution in [0.3, 0.4) is 0 Å². The van der Waals surface area contributed by atoms with Gasteiger partial charge in [0.1, 0.15) is 0 Å². The highest BCUT2D eigenvalue weighted by atomic mass is 15.0. The van der Waals surface area contributed by atoms with Crippen molar-refractivity contribution >= 4 is 33.2 Å². The van der Waals surface area contributed by atoms with Crippen molar-refractivity contribution < 1.29 is 0 Å². The predicted octanol–water partition coefficient (Wildman–Crippen LogP) is 13.5. The van der Waals surface area contributed by atoms with Crippen molar-refractivity contribution in [3.05, 3.63) is 200 Å². The standard InChI is InChI=1S/C49H36N2/c1-34-25-26-37(32-45(34)43-21-11-13-23-47(43)50-41-19-9-4-10-20-41)38-27-28-49-46(33-38)44-22-12-14-24-48(44)51(49)42-30-39(35-15-5-2-6-16-35)29-40(31-42)36-17-7-3-8-18-36/h2-33,50H,1H3. The fourth-order valence-corrected chi connectivity index (χ4v) is 7.36. The highest BCUT2D eigenvalue weighted by Gasteiger charge is 2.16. The van der Waals surface area contributed by atoms with Crippen molar-refractivity contribution in [1.29, 1.82) is 0 Å². The molecule has 9 rings (SSSR count). The molecule has 0 amide bonds. The van der Waals surface area contributed by atoms with Gasteiger partial charge in [0, 0.05) is 33.4 Å². The molecular weight excluding hydrogens is 617 g/mol. The van der Waals surface area contributed by atoms with Crippen LogP contribution in [-0.2, 0) is 0 Å². The first-order chi connectivity index (χ1) is 25.2. The van der Waals surface area contributed by atoms with E-state index in [1.807, 2.05) is 6.07 Å². The average molecular weight is 653 g/mol. The second kappa shape index (κ2) is 13.0. The number of hydrogen-bond donors (Lipinski definition) is 1. The molecule has 0 unspecified atom stereocenters. The molecule has 0 saturated carbocycles. The fraction of sp³-hybridized carbons (Fsp3) is 0.0204. The number of benzene rings is 8. The lowest BCUT2D eigenvalue weighted by molar-refractivity contribution is 1.18. The molecule has 0 fully saturated rings. The van der Waals surface area contributed by atoms with E-state index in [1.165, 1.54) is 71.9 Å². The number of rotatable bonds is 7. The summed E-state index contributed by atoms with van der Waals surface area (Å²) in [5, 5.41) is 6.13. The number of anilines is 2. The zero-order valence-electron chi connectivity index (χ0n) is 28.4. The maximum Gasteiger partial charge on any atom is 0.0541 e. The van der Waals surface area contributed by atoms with Gasteiger partial charge in [-0.15, -0.1) is 0 Å². The molecule has 2 heteroatoms. The molecule has 242 valence electrons. The number of para-hydroxylation sites is 3. The van der Waals surface area contributed by atoms with Gasteiger partial charge < -0.3 is 9.88 Å². The number of aryl methyl sites for hydroxylation is 1. The Labute approximate surface area is 298 Å². The Kier molecular flexibility index (Phi) is 7.75. The average Bonchev–Trinajstić information content (AvgIpc) is 3.53. The molecule has 0 spiro atoms. The summed E-state index contributed by atoms with van der Waals surface area (Å²) < 4.78 is 2.43. The molecular formula is C49H36N2. The van der Waals surface area contributed by atoms with E-state index < -0.39 is 0 Å². The van der Waals surface area contributed by atoms with Gasteiger partial charge in [0.2, 0.25) is 0 Å². The summed E-state index contributed by atoms with van der Waals surface area (Å²) in [6, 6.07) is 69.9. The molecule has 9 aromatic rings. The summed E-state index contributed by atoms with van der Waals surface area (Å²) >= 11 is 0. The Morgan fingerprint density at radius 1 is 0.373 bits per heavy atom. The third-order valence-electron chi connectivity index (χ3n) is 9.90. The van der Waals surface area contributed by atoms with Crippen LogP contribution in [0.4, 0.5) is 11.4 Å². The van der Waals surface area contributed by atoms with Crippen molar-refractivity contribution in [3.8, 4) is 50.2 Å². The Hall–Kier alpha value is -6.64. The minimum absolute atomic E-state index is 1.07. The lowest BCUT2D eigenvalue weighted by Crippen LogP contribution is -1.96. The highest BCUT2D eigenvalue weighted by Crippen LogP contribution is 2.39. The molecule has 0 saturated heterocycles. The van der Waals surface area contributed by atoms with Gasteiger partial charge in [0.15, 0.2) is 0 Å². The monoisotopic (exact) mass is 652 g/mol. The Balaban J connectivity index is 1.19. The molecule has 0 aliphatic heterocycles. The predicted molar refractivity (Wildman–Crippen MR) is 217 cm³/mol. The Morgan fingerprint density at radius 2 is 0.941 bits per heavy atom. The minimum atomic E-state index is 1.07. The molecule has 8 aromatic carbocycles.